The minimum absolute atomic E-state index is 0.0590. The highest BCUT2D eigenvalue weighted by Gasteiger charge is 2.33. The van der Waals surface area contributed by atoms with Crippen LogP contribution in [0.4, 0.5) is 4.79 Å². The zero-order valence-corrected chi connectivity index (χ0v) is 8.92. The number of rotatable bonds is 0. The van der Waals surface area contributed by atoms with E-state index in [-0.39, 0.29) is 11.6 Å². The van der Waals surface area contributed by atoms with Crippen LogP contribution in [-0.2, 0) is 0 Å². The normalized spacial score (nSPS) is 19.7. The summed E-state index contributed by atoms with van der Waals surface area (Å²) in [5, 5.41) is 0. The Labute approximate surface area is 80.0 Å². The predicted octanol–water partition coefficient (Wildman–Crippen LogP) is 2.06. The number of hydrogen-bond donors (Lipinski definition) is 0. The second kappa shape index (κ2) is 3.05. The van der Waals surface area contributed by atoms with E-state index in [4.69, 9.17) is 0 Å². The van der Waals surface area contributed by atoms with Crippen molar-refractivity contribution in [2.45, 2.75) is 32.7 Å². The molecule has 0 aromatic heterocycles. The van der Waals surface area contributed by atoms with Crippen LogP contribution >= 0.6 is 0 Å². The molecule has 0 spiro atoms. The van der Waals surface area contributed by atoms with Crippen LogP contribution in [-0.4, -0.2) is 35.0 Å². The Kier molecular flexibility index (Phi) is 2.37. The minimum Gasteiger partial charge on any atom is -0.327 e. The molecule has 13 heavy (non-hydrogen) atoms. The van der Waals surface area contributed by atoms with Crippen molar-refractivity contribution in [3.05, 3.63) is 12.3 Å². The zero-order valence-electron chi connectivity index (χ0n) is 8.92. The van der Waals surface area contributed by atoms with Crippen molar-refractivity contribution in [2.75, 3.05) is 13.6 Å². The average Bonchev–Trinajstić information content (AvgIpc) is 1.95. The lowest BCUT2D eigenvalue weighted by molar-refractivity contribution is 0.120. The summed E-state index contributed by atoms with van der Waals surface area (Å²) in [7, 11) is 1.83. The van der Waals surface area contributed by atoms with Gasteiger partial charge in [-0.1, -0.05) is 6.58 Å². The van der Waals surface area contributed by atoms with Gasteiger partial charge >= 0.3 is 6.03 Å². The van der Waals surface area contributed by atoms with Crippen LogP contribution in [0.3, 0.4) is 0 Å². The van der Waals surface area contributed by atoms with Gasteiger partial charge in [-0.3, -0.25) is 4.90 Å². The third kappa shape index (κ3) is 1.85. The first-order valence-electron chi connectivity index (χ1n) is 4.57. The summed E-state index contributed by atoms with van der Waals surface area (Å²) < 4.78 is 0. The van der Waals surface area contributed by atoms with Crippen LogP contribution < -0.4 is 0 Å². The quantitative estimate of drug-likeness (QED) is 0.562. The van der Waals surface area contributed by atoms with Crippen LogP contribution in [0.25, 0.3) is 0 Å². The van der Waals surface area contributed by atoms with E-state index in [0.717, 1.165) is 18.7 Å². The van der Waals surface area contributed by atoms with Gasteiger partial charge in [-0.05, 0) is 20.8 Å². The molecule has 1 aliphatic rings. The van der Waals surface area contributed by atoms with Gasteiger partial charge in [0.15, 0.2) is 0 Å². The number of hydrogen-bond acceptors (Lipinski definition) is 1. The second-order valence-electron chi connectivity index (χ2n) is 4.53. The maximum Gasteiger partial charge on any atom is 0.324 e. The van der Waals surface area contributed by atoms with Crippen LogP contribution in [0.2, 0.25) is 0 Å². The van der Waals surface area contributed by atoms with E-state index in [2.05, 4.69) is 6.58 Å². The largest absolute Gasteiger partial charge is 0.327 e. The van der Waals surface area contributed by atoms with Crippen molar-refractivity contribution >= 4 is 6.03 Å². The Morgan fingerprint density at radius 1 is 1.38 bits per heavy atom. The molecule has 0 aromatic rings. The summed E-state index contributed by atoms with van der Waals surface area (Å²) in [6.45, 7) is 10.8. The zero-order chi connectivity index (χ0) is 10.2. The van der Waals surface area contributed by atoms with Gasteiger partial charge in [0.2, 0.25) is 0 Å². The van der Waals surface area contributed by atoms with Crippen molar-refractivity contribution in [3.8, 4) is 0 Å². The Hall–Kier alpha value is -0.990. The Balaban J connectivity index is 2.91. The van der Waals surface area contributed by atoms with Crippen molar-refractivity contribution in [2.24, 2.45) is 0 Å². The number of carbonyl (C=O) groups excluding carboxylic acids is 1. The van der Waals surface area contributed by atoms with Gasteiger partial charge in [-0.2, -0.15) is 0 Å². The maximum absolute atomic E-state index is 11.8. The van der Waals surface area contributed by atoms with Gasteiger partial charge in [0.25, 0.3) is 0 Å². The van der Waals surface area contributed by atoms with E-state index < -0.39 is 0 Å². The Morgan fingerprint density at radius 2 is 1.92 bits per heavy atom. The van der Waals surface area contributed by atoms with E-state index >= 15 is 0 Å². The van der Waals surface area contributed by atoms with Crippen LogP contribution in [0.15, 0.2) is 12.3 Å². The predicted molar refractivity (Wildman–Crippen MR) is 53.4 cm³/mol. The fourth-order valence-electron chi connectivity index (χ4n) is 1.57. The number of urea groups is 1. The molecule has 1 fully saturated rings. The van der Waals surface area contributed by atoms with E-state index in [1.807, 2.05) is 27.8 Å². The summed E-state index contributed by atoms with van der Waals surface area (Å²) in [5.74, 6) is 0. The van der Waals surface area contributed by atoms with Crippen LogP contribution in [0, 0.1) is 0 Å². The first-order valence-corrected chi connectivity index (χ1v) is 4.57. The summed E-state index contributed by atoms with van der Waals surface area (Å²) >= 11 is 0. The monoisotopic (exact) mass is 182 g/mol. The second-order valence-corrected chi connectivity index (χ2v) is 4.53. The van der Waals surface area contributed by atoms with E-state index in [0.29, 0.717) is 0 Å². The Bertz CT molecular complexity index is 240. The van der Waals surface area contributed by atoms with E-state index in [9.17, 15) is 4.79 Å². The van der Waals surface area contributed by atoms with Gasteiger partial charge in [-0.25, -0.2) is 4.79 Å². The average molecular weight is 182 g/mol. The van der Waals surface area contributed by atoms with Gasteiger partial charge in [0.1, 0.15) is 0 Å². The SMILES string of the molecule is C=C1CCN(C)C(=O)N1C(C)(C)C. The highest BCUT2D eigenvalue weighted by Crippen LogP contribution is 2.25. The van der Waals surface area contributed by atoms with Crippen LogP contribution in [0.5, 0.6) is 0 Å². The molecule has 1 heterocycles. The van der Waals surface area contributed by atoms with Gasteiger partial charge in [-0.15, -0.1) is 0 Å². The molecular weight excluding hydrogens is 164 g/mol. The highest BCUT2D eigenvalue weighted by molar-refractivity contribution is 5.78. The molecule has 1 saturated heterocycles. The Morgan fingerprint density at radius 3 is 2.31 bits per heavy atom. The van der Waals surface area contributed by atoms with Crippen molar-refractivity contribution in [3.63, 3.8) is 0 Å². The molecule has 0 aliphatic carbocycles. The standard InChI is InChI=1S/C10H18N2O/c1-8-6-7-11(5)9(13)12(8)10(2,3)4/h1,6-7H2,2-5H3. The molecule has 1 rings (SSSR count). The van der Waals surface area contributed by atoms with Gasteiger partial charge < -0.3 is 4.90 Å². The minimum atomic E-state index is -0.164. The molecule has 0 bridgehead atoms. The summed E-state index contributed by atoms with van der Waals surface area (Å²) in [4.78, 5) is 15.3. The summed E-state index contributed by atoms with van der Waals surface area (Å²) in [6, 6.07) is 0.0590. The highest BCUT2D eigenvalue weighted by atomic mass is 16.2. The topological polar surface area (TPSA) is 23.6 Å². The number of nitrogens with zero attached hydrogens (tertiary/aromatic N) is 2. The summed E-state index contributed by atoms with van der Waals surface area (Å²) in [6.07, 6.45) is 0.875. The van der Waals surface area contributed by atoms with Gasteiger partial charge in [0, 0.05) is 31.2 Å². The molecule has 0 atom stereocenters. The molecule has 74 valence electrons. The van der Waals surface area contributed by atoms with Crippen molar-refractivity contribution in [1.82, 2.24) is 9.80 Å². The molecule has 0 aromatic carbocycles. The molecule has 2 amide bonds. The smallest absolute Gasteiger partial charge is 0.324 e. The van der Waals surface area contributed by atoms with Crippen molar-refractivity contribution in [1.29, 1.82) is 0 Å². The van der Waals surface area contributed by atoms with Gasteiger partial charge in [0.05, 0.1) is 0 Å². The maximum atomic E-state index is 11.8. The van der Waals surface area contributed by atoms with Crippen LogP contribution in [0.1, 0.15) is 27.2 Å². The third-order valence-corrected chi connectivity index (χ3v) is 2.24. The molecule has 1 aliphatic heterocycles. The third-order valence-electron chi connectivity index (χ3n) is 2.24. The lowest BCUT2D eigenvalue weighted by Gasteiger charge is -2.43. The van der Waals surface area contributed by atoms with E-state index in [1.165, 1.54) is 0 Å². The molecule has 0 radical (unpaired) electrons. The first-order chi connectivity index (χ1) is 5.84. The molecule has 0 saturated carbocycles. The molecule has 3 heteroatoms. The lowest BCUT2D eigenvalue weighted by atomic mass is 10.0. The molecule has 0 unspecified atom stereocenters. The lowest BCUT2D eigenvalue weighted by Crippen LogP contribution is -2.53. The number of carbonyl (C=O) groups is 1. The fraction of sp³-hybridized carbons (Fsp3) is 0.700. The fourth-order valence-corrected chi connectivity index (χ4v) is 1.57. The number of amides is 2. The molecule has 0 N–H and O–H groups in total. The first kappa shape index (κ1) is 10.1. The molecular formula is C10H18N2O. The molecule has 3 nitrogen and oxygen atoms in total. The summed E-state index contributed by atoms with van der Waals surface area (Å²) in [5.41, 5.74) is 0.763. The van der Waals surface area contributed by atoms with Crippen molar-refractivity contribution < 1.29 is 4.79 Å². The van der Waals surface area contributed by atoms with E-state index in [1.54, 1.807) is 9.80 Å².